The van der Waals surface area contributed by atoms with Crippen molar-refractivity contribution < 1.29 is 19.2 Å². The second-order valence-corrected chi connectivity index (χ2v) is 7.48. The molecule has 1 aliphatic heterocycles. The van der Waals surface area contributed by atoms with Gasteiger partial charge in [0.25, 0.3) is 11.6 Å². The first-order chi connectivity index (χ1) is 13.9. The number of amides is 1. The summed E-state index contributed by atoms with van der Waals surface area (Å²) in [5.41, 5.74) is 1.17. The van der Waals surface area contributed by atoms with E-state index in [9.17, 15) is 14.9 Å². The van der Waals surface area contributed by atoms with Crippen molar-refractivity contribution >= 4 is 51.7 Å². The van der Waals surface area contributed by atoms with Crippen LogP contribution in [0.4, 0.5) is 11.4 Å². The van der Waals surface area contributed by atoms with Crippen LogP contribution in [-0.4, -0.2) is 28.9 Å². The van der Waals surface area contributed by atoms with Crippen molar-refractivity contribution in [2.24, 2.45) is 0 Å². The standard InChI is InChI=1S/C20H16N2O5S2/c1-3-10-27-16-9-4-13(11-17(16)26-2)12-18-19(23)21(20(28)29-18)14-5-7-15(8-6-14)22(24)25/h3-9,11-12H,1,10H2,2H3. The first-order valence-corrected chi connectivity index (χ1v) is 9.61. The van der Waals surface area contributed by atoms with E-state index in [2.05, 4.69) is 6.58 Å². The maximum absolute atomic E-state index is 12.9. The Hall–Kier alpha value is -3.17. The molecule has 0 N–H and O–H groups in total. The van der Waals surface area contributed by atoms with Crippen LogP contribution < -0.4 is 14.4 Å². The number of rotatable bonds is 7. The minimum Gasteiger partial charge on any atom is -0.493 e. The number of carbonyl (C=O) groups excluding carboxylic acids is 1. The van der Waals surface area contributed by atoms with E-state index < -0.39 is 4.92 Å². The van der Waals surface area contributed by atoms with Crippen molar-refractivity contribution in [2.75, 3.05) is 18.6 Å². The highest BCUT2D eigenvalue weighted by molar-refractivity contribution is 8.27. The van der Waals surface area contributed by atoms with Crippen LogP contribution >= 0.6 is 24.0 Å². The highest BCUT2D eigenvalue weighted by Gasteiger charge is 2.33. The predicted octanol–water partition coefficient (Wildman–Crippen LogP) is 4.57. The third-order valence-corrected chi connectivity index (χ3v) is 5.26. The van der Waals surface area contributed by atoms with Crippen LogP contribution in [0, 0.1) is 10.1 Å². The van der Waals surface area contributed by atoms with Gasteiger partial charge in [0.1, 0.15) is 6.61 Å². The van der Waals surface area contributed by atoms with Gasteiger partial charge in [0, 0.05) is 12.1 Å². The van der Waals surface area contributed by atoms with Crippen molar-refractivity contribution in [3.05, 3.63) is 75.7 Å². The number of carbonyl (C=O) groups is 1. The smallest absolute Gasteiger partial charge is 0.270 e. The number of nitro groups is 1. The zero-order chi connectivity index (χ0) is 21.0. The van der Waals surface area contributed by atoms with Gasteiger partial charge in [0.2, 0.25) is 0 Å². The first-order valence-electron chi connectivity index (χ1n) is 8.38. The molecule has 0 aromatic heterocycles. The highest BCUT2D eigenvalue weighted by atomic mass is 32.2. The SMILES string of the molecule is C=CCOc1ccc(C=C2SC(=S)N(c3ccc([N+](=O)[O-])cc3)C2=O)cc1OC. The zero-order valence-corrected chi connectivity index (χ0v) is 17.0. The Morgan fingerprint density at radius 3 is 2.59 bits per heavy atom. The third-order valence-electron chi connectivity index (χ3n) is 3.95. The molecule has 0 radical (unpaired) electrons. The molecule has 0 atom stereocenters. The summed E-state index contributed by atoms with van der Waals surface area (Å²) in [6.45, 7) is 3.96. The molecule has 1 fully saturated rings. The fraction of sp³-hybridized carbons (Fsp3) is 0.100. The van der Waals surface area contributed by atoms with Crippen molar-refractivity contribution in [3.8, 4) is 11.5 Å². The van der Waals surface area contributed by atoms with Gasteiger partial charge in [-0.3, -0.25) is 19.8 Å². The second kappa shape index (κ2) is 8.89. The molecule has 1 amide bonds. The summed E-state index contributed by atoms with van der Waals surface area (Å²) in [7, 11) is 1.54. The van der Waals surface area contributed by atoms with Crippen LogP contribution in [0.15, 0.2) is 60.0 Å². The summed E-state index contributed by atoms with van der Waals surface area (Å²) in [4.78, 5) is 25.0. The number of methoxy groups -OCH3 is 1. The Labute approximate surface area is 176 Å². The Bertz CT molecular complexity index is 1020. The Balaban J connectivity index is 1.86. The number of benzene rings is 2. The zero-order valence-electron chi connectivity index (χ0n) is 15.4. The fourth-order valence-corrected chi connectivity index (χ4v) is 3.91. The van der Waals surface area contributed by atoms with E-state index in [1.807, 2.05) is 0 Å². The summed E-state index contributed by atoms with van der Waals surface area (Å²) < 4.78 is 11.2. The number of nitro benzene ring substituents is 1. The molecule has 2 aromatic carbocycles. The lowest BCUT2D eigenvalue weighted by Crippen LogP contribution is -2.27. The van der Waals surface area contributed by atoms with Gasteiger partial charge in [0.15, 0.2) is 15.8 Å². The monoisotopic (exact) mass is 428 g/mol. The van der Waals surface area contributed by atoms with Crippen LogP contribution in [0.3, 0.4) is 0 Å². The van der Waals surface area contributed by atoms with Crippen LogP contribution in [0.1, 0.15) is 5.56 Å². The van der Waals surface area contributed by atoms with Crippen LogP contribution in [0.2, 0.25) is 0 Å². The number of nitrogens with zero attached hydrogens (tertiary/aromatic N) is 2. The van der Waals surface area contributed by atoms with Gasteiger partial charge in [0.05, 0.1) is 22.6 Å². The number of non-ortho nitro benzene ring substituents is 1. The molecule has 7 nitrogen and oxygen atoms in total. The molecule has 9 heteroatoms. The number of ether oxygens (including phenoxy) is 2. The lowest BCUT2D eigenvalue weighted by atomic mass is 10.1. The van der Waals surface area contributed by atoms with Crippen molar-refractivity contribution in [1.29, 1.82) is 0 Å². The van der Waals surface area contributed by atoms with Crippen molar-refractivity contribution in [3.63, 3.8) is 0 Å². The minimum atomic E-state index is -0.496. The quantitative estimate of drug-likeness (QED) is 0.210. The summed E-state index contributed by atoms with van der Waals surface area (Å²) in [5.74, 6) is 0.814. The van der Waals surface area contributed by atoms with Gasteiger partial charge in [-0.25, -0.2) is 0 Å². The molecule has 3 rings (SSSR count). The summed E-state index contributed by atoms with van der Waals surface area (Å²) in [5, 5.41) is 10.8. The number of thioether (sulfide) groups is 1. The van der Waals surface area contributed by atoms with E-state index in [0.717, 1.165) is 17.3 Å². The largest absolute Gasteiger partial charge is 0.493 e. The molecule has 0 bridgehead atoms. The van der Waals surface area contributed by atoms with Gasteiger partial charge >= 0.3 is 0 Å². The summed E-state index contributed by atoms with van der Waals surface area (Å²) in [6.07, 6.45) is 3.35. The Morgan fingerprint density at radius 1 is 1.24 bits per heavy atom. The molecular formula is C20H16N2O5S2. The predicted molar refractivity (Wildman–Crippen MR) is 117 cm³/mol. The molecular weight excluding hydrogens is 412 g/mol. The van der Waals surface area contributed by atoms with E-state index in [-0.39, 0.29) is 11.6 Å². The molecule has 29 heavy (non-hydrogen) atoms. The third kappa shape index (κ3) is 4.47. The second-order valence-electron chi connectivity index (χ2n) is 5.80. The van der Waals surface area contributed by atoms with Gasteiger partial charge in [-0.15, -0.1) is 0 Å². The average Bonchev–Trinajstić information content (AvgIpc) is 2.99. The van der Waals surface area contributed by atoms with Crippen molar-refractivity contribution in [2.45, 2.75) is 0 Å². The molecule has 2 aromatic rings. The minimum absolute atomic E-state index is 0.0550. The number of anilines is 1. The summed E-state index contributed by atoms with van der Waals surface area (Å²) >= 11 is 6.50. The molecule has 0 spiro atoms. The van der Waals surface area contributed by atoms with Gasteiger partial charge in [-0.2, -0.15) is 0 Å². The fourth-order valence-electron chi connectivity index (χ4n) is 2.61. The van der Waals surface area contributed by atoms with Gasteiger partial charge < -0.3 is 9.47 Å². The van der Waals surface area contributed by atoms with E-state index >= 15 is 0 Å². The average molecular weight is 428 g/mol. The summed E-state index contributed by atoms with van der Waals surface area (Å²) in [6, 6.07) is 11.0. The molecule has 148 valence electrons. The van der Waals surface area contributed by atoms with Crippen LogP contribution in [0.5, 0.6) is 11.5 Å². The molecule has 0 unspecified atom stereocenters. The first kappa shape index (κ1) is 20.6. The Kier molecular flexibility index (Phi) is 6.30. The van der Waals surface area contributed by atoms with E-state index in [1.165, 1.54) is 36.3 Å². The van der Waals surface area contributed by atoms with E-state index in [1.54, 1.807) is 30.4 Å². The van der Waals surface area contributed by atoms with Crippen LogP contribution in [-0.2, 0) is 4.79 Å². The topological polar surface area (TPSA) is 81.9 Å². The number of hydrogen-bond acceptors (Lipinski definition) is 7. The molecule has 1 heterocycles. The maximum atomic E-state index is 12.9. The van der Waals surface area contributed by atoms with E-state index in [4.69, 9.17) is 21.7 Å². The van der Waals surface area contributed by atoms with E-state index in [0.29, 0.717) is 33.0 Å². The van der Waals surface area contributed by atoms with Gasteiger partial charge in [-0.1, -0.05) is 42.7 Å². The molecule has 0 saturated carbocycles. The molecule has 1 aliphatic rings. The molecule has 0 aliphatic carbocycles. The molecule has 1 saturated heterocycles. The number of thiocarbonyl (C=S) groups is 1. The van der Waals surface area contributed by atoms with Gasteiger partial charge in [-0.05, 0) is 35.9 Å². The van der Waals surface area contributed by atoms with Crippen LogP contribution in [0.25, 0.3) is 6.08 Å². The lowest BCUT2D eigenvalue weighted by molar-refractivity contribution is -0.384. The van der Waals surface area contributed by atoms with Crippen molar-refractivity contribution in [1.82, 2.24) is 0 Å². The number of hydrogen-bond donors (Lipinski definition) is 0. The lowest BCUT2D eigenvalue weighted by Gasteiger charge is -2.14. The normalized spacial score (nSPS) is 14.9. The maximum Gasteiger partial charge on any atom is 0.270 e. The highest BCUT2D eigenvalue weighted by Crippen LogP contribution is 2.37. The Morgan fingerprint density at radius 2 is 1.97 bits per heavy atom.